The molecule has 0 amide bonds. The summed E-state index contributed by atoms with van der Waals surface area (Å²) >= 11 is 0. The zero-order valence-corrected chi connectivity index (χ0v) is 26.3. The van der Waals surface area contributed by atoms with Crippen LogP contribution in [-0.2, 0) is 0 Å². The molecule has 0 aliphatic rings. The third-order valence-electron chi connectivity index (χ3n) is 11.8. The minimum absolute atomic E-state index is 0.400. The summed E-state index contributed by atoms with van der Waals surface area (Å²) in [5.41, 5.74) is 0.400. The van der Waals surface area contributed by atoms with E-state index >= 15 is 0 Å². The van der Waals surface area contributed by atoms with Crippen molar-refractivity contribution in [1.82, 2.24) is 0 Å². The molecule has 33 heavy (non-hydrogen) atoms. The molecule has 0 nitrogen and oxygen atoms in total. The molecule has 0 saturated carbocycles. The van der Waals surface area contributed by atoms with Crippen molar-refractivity contribution < 1.29 is 0 Å². The van der Waals surface area contributed by atoms with Crippen LogP contribution in [-0.4, -0.2) is 0 Å². The van der Waals surface area contributed by atoms with Crippen LogP contribution >= 0.6 is 0 Å². The lowest BCUT2D eigenvalue weighted by molar-refractivity contribution is -0.00955. The van der Waals surface area contributed by atoms with Crippen LogP contribution in [0.2, 0.25) is 0 Å². The molecule has 0 aromatic rings. The molecule has 11 atom stereocenters. The molecular formula is C33H68. The Morgan fingerprint density at radius 1 is 0.515 bits per heavy atom. The van der Waals surface area contributed by atoms with E-state index in [1.54, 1.807) is 0 Å². The van der Waals surface area contributed by atoms with Gasteiger partial charge in [0.15, 0.2) is 0 Å². The summed E-state index contributed by atoms with van der Waals surface area (Å²) in [5.74, 6) is 9.40. The molecule has 0 spiro atoms. The quantitative estimate of drug-likeness (QED) is 0.213. The smallest absolute Gasteiger partial charge is 0.0272 e. The maximum absolute atomic E-state index is 2.62. The molecule has 0 radical (unpaired) electrons. The van der Waals surface area contributed by atoms with Gasteiger partial charge in [-0.2, -0.15) is 0 Å². The van der Waals surface area contributed by atoms with Gasteiger partial charge < -0.3 is 0 Å². The topological polar surface area (TPSA) is 0 Å². The fourth-order valence-corrected chi connectivity index (χ4v) is 7.47. The molecular weight excluding hydrogens is 396 g/mol. The Morgan fingerprint density at radius 3 is 1.36 bits per heavy atom. The molecule has 0 fully saturated rings. The van der Waals surface area contributed by atoms with E-state index in [0.717, 1.165) is 71.0 Å². The van der Waals surface area contributed by atoms with Gasteiger partial charge in [0.2, 0.25) is 0 Å². The summed E-state index contributed by atoms with van der Waals surface area (Å²) in [6.07, 6.45) is 5.30. The van der Waals surface area contributed by atoms with Gasteiger partial charge in [-0.1, -0.05) is 130 Å². The van der Waals surface area contributed by atoms with Crippen molar-refractivity contribution >= 4 is 0 Å². The SMILES string of the molecule is CCC(C)C(C)C(CC)C(C)C(CC(C)C)C(C)C(C)C(C)C(C)(CC)C(C)C(C)C(C)C. The summed E-state index contributed by atoms with van der Waals surface area (Å²) < 4.78 is 0. The predicted octanol–water partition coefficient (Wildman–Crippen LogP) is 11.2. The van der Waals surface area contributed by atoms with Crippen molar-refractivity contribution in [3.63, 3.8) is 0 Å². The lowest BCUT2D eigenvalue weighted by Gasteiger charge is -2.50. The second-order valence-electron chi connectivity index (χ2n) is 13.7. The molecule has 0 rings (SSSR count). The van der Waals surface area contributed by atoms with Gasteiger partial charge in [0.25, 0.3) is 0 Å². The fourth-order valence-electron chi connectivity index (χ4n) is 7.47. The Hall–Kier alpha value is 0. The Morgan fingerprint density at radius 2 is 1.00 bits per heavy atom. The van der Waals surface area contributed by atoms with Gasteiger partial charge in [0.1, 0.15) is 0 Å². The van der Waals surface area contributed by atoms with E-state index in [4.69, 9.17) is 0 Å². The maximum atomic E-state index is 2.62. The van der Waals surface area contributed by atoms with Crippen LogP contribution in [0, 0.1) is 76.4 Å². The van der Waals surface area contributed by atoms with Crippen LogP contribution in [0.15, 0.2) is 0 Å². The van der Waals surface area contributed by atoms with Gasteiger partial charge >= 0.3 is 0 Å². The molecule has 0 aliphatic heterocycles. The van der Waals surface area contributed by atoms with Crippen molar-refractivity contribution in [2.24, 2.45) is 76.4 Å². The van der Waals surface area contributed by atoms with Crippen LogP contribution in [0.3, 0.4) is 0 Å². The van der Waals surface area contributed by atoms with Crippen molar-refractivity contribution in [2.45, 2.75) is 136 Å². The number of hydrogen-bond donors (Lipinski definition) is 0. The first-order valence-electron chi connectivity index (χ1n) is 15.1. The molecule has 0 bridgehead atoms. The van der Waals surface area contributed by atoms with Crippen molar-refractivity contribution in [3.05, 3.63) is 0 Å². The van der Waals surface area contributed by atoms with E-state index in [9.17, 15) is 0 Å². The van der Waals surface area contributed by atoms with E-state index in [1.165, 1.54) is 25.7 Å². The lowest BCUT2D eigenvalue weighted by Crippen LogP contribution is -2.43. The standard InChI is InChI=1S/C33H68/c1-17-23(8)25(10)31(18-2)28(13)32(20-21(4)5)27(12)26(11)30(15)33(16,19-3)29(14)24(9)22(6)7/h21-32H,17-20H2,1-16H3. The van der Waals surface area contributed by atoms with Gasteiger partial charge in [-0.05, 0) is 82.9 Å². The molecule has 0 N–H and O–H groups in total. The van der Waals surface area contributed by atoms with E-state index in [1.807, 2.05) is 0 Å². The van der Waals surface area contributed by atoms with E-state index < -0.39 is 0 Å². The van der Waals surface area contributed by atoms with Gasteiger partial charge in [0.05, 0.1) is 0 Å². The Kier molecular flexibility index (Phi) is 14.5. The molecule has 0 aliphatic carbocycles. The predicted molar refractivity (Wildman–Crippen MR) is 154 cm³/mol. The Balaban J connectivity index is 5.99. The minimum atomic E-state index is 0.400. The van der Waals surface area contributed by atoms with Gasteiger partial charge in [0, 0.05) is 0 Å². The average molecular weight is 465 g/mol. The number of hydrogen-bond acceptors (Lipinski definition) is 0. The van der Waals surface area contributed by atoms with Crippen LogP contribution in [0.5, 0.6) is 0 Å². The first-order chi connectivity index (χ1) is 15.1. The second-order valence-corrected chi connectivity index (χ2v) is 13.7. The van der Waals surface area contributed by atoms with Gasteiger partial charge in [-0.3, -0.25) is 0 Å². The summed E-state index contributed by atoms with van der Waals surface area (Å²) in [6.45, 7) is 40.1. The highest BCUT2D eigenvalue weighted by atomic mass is 14.5. The molecule has 200 valence electrons. The van der Waals surface area contributed by atoms with Gasteiger partial charge in [-0.15, -0.1) is 0 Å². The van der Waals surface area contributed by atoms with Crippen molar-refractivity contribution in [3.8, 4) is 0 Å². The van der Waals surface area contributed by atoms with Crippen LogP contribution < -0.4 is 0 Å². The summed E-state index contributed by atoms with van der Waals surface area (Å²) in [7, 11) is 0. The second kappa shape index (κ2) is 14.5. The minimum Gasteiger partial charge on any atom is -0.0651 e. The first kappa shape index (κ1) is 33.0. The van der Waals surface area contributed by atoms with Crippen LogP contribution in [0.25, 0.3) is 0 Å². The first-order valence-corrected chi connectivity index (χ1v) is 15.1. The Labute approximate surface area is 212 Å². The maximum Gasteiger partial charge on any atom is -0.0272 e. The van der Waals surface area contributed by atoms with Crippen molar-refractivity contribution in [1.29, 1.82) is 0 Å². The molecule has 0 saturated heterocycles. The molecule has 11 unspecified atom stereocenters. The normalized spacial score (nSPS) is 23.8. The summed E-state index contributed by atoms with van der Waals surface area (Å²) in [4.78, 5) is 0. The largest absolute Gasteiger partial charge is 0.0651 e. The molecule has 0 heteroatoms. The molecule has 0 aromatic heterocycles. The zero-order valence-electron chi connectivity index (χ0n) is 26.3. The summed E-state index contributed by atoms with van der Waals surface area (Å²) in [5, 5.41) is 0. The third kappa shape index (κ3) is 8.27. The molecule has 0 aromatic carbocycles. The van der Waals surface area contributed by atoms with Crippen LogP contribution in [0.1, 0.15) is 136 Å². The number of rotatable bonds is 16. The van der Waals surface area contributed by atoms with E-state index in [-0.39, 0.29) is 0 Å². The summed E-state index contributed by atoms with van der Waals surface area (Å²) in [6, 6.07) is 0. The third-order valence-corrected chi connectivity index (χ3v) is 11.8. The molecule has 0 heterocycles. The lowest BCUT2D eigenvalue weighted by atomic mass is 9.55. The van der Waals surface area contributed by atoms with Crippen LogP contribution in [0.4, 0.5) is 0 Å². The fraction of sp³-hybridized carbons (Fsp3) is 1.00. The highest BCUT2D eigenvalue weighted by molar-refractivity contribution is 4.92. The monoisotopic (exact) mass is 465 g/mol. The van der Waals surface area contributed by atoms with Crippen molar-refractivity contribution in [2.75, 3.05) is 0 Å². The van der Waals surface area contributed by atoms with E-state index in [2.05, 4.69) is 111 Å². The van der Waals surface area contributed by atoms with E-state index in [0.29, 0.717) is 5.41 Å². The zero-order chi connectivity index (χ0) is 26.3. The highest BCUT2D eigenvalue weighted by Gasteiger charge is 2.44. The average Bonchev–Trinajstić information content (AvgIpc) is 2.78. The van der Waals surface area contributed by atoms with Gasteiger partial charge in [-0.25, -0.2) is 0 Å². The highest BCUT2D eigenvalue weighted by Crippen LogP contribution is 2.51. The Bertz CT molecular complexity index is 504.